The van der Waals surface area contributed by atoms with Gasteiger partial charge in [-0.3, -0.25) is 0 Å². The Balaban J connectivity index is 2.43. The number of para-hydroxylation sites is 1. The zero-order valence-corrected chi connectivity index (χ0v) is 9.87. The van der Waals surface area contributed by atoms with Crippen molar-refractivity contribution in [3.05, 3.63) is 30.3 Å². The summed E-state index contributed by atoms with van der Waals surface area (Å²) in [5.74, 6) is 0.523. The van der Waals surface area contributed by atoms with Gasteiger partial charge in [0.1, 0.15) is 5.75 Å². The Morgan fingerprint density at radius 3 is 2.62 bits per heavy atom. The Morgan fingerprint density at radius 1 is 1.44 bits per heavy atom. The Kier molecular flexibility index (Phi) is 4.72. The highest BCUT2D eigenvalue weighted by Crippen LogP contribution is 2.09. The first-order valence-corrected chi connectivity index (χ1v) is 5.26. The van der Waals surface area contributed by atoms with Gasteiger partial charge in [0.05, 0.1) is 4.99 Å². The molecule has 0 aliphatic heterocycles. The molecule has 0 aliphatic rings. The summed E-state index contributed by atoms with van der Waals surface area (Å²) in [7, 11) is 1.64. The normalized spacial score (nSPS) is 9.56. The summed E-state index contributed by atoms with van der Waals surface area (Å²) < 4.78 is 5.11. The lowest BCUT2D eigenvalue weighted by molar-refractivity contribution is 0.164. The van der Waals surface area contributed by atoms with Gasteiger partial charge >= 0.3 is 6.09 Å². The second kappa shape index (κ2) is 6.07. The monoisotopic (exact) mass is 238 g/mol. The number of nitrogens with two attached hydrogens (primary N) is 1. The van der Waals surface area contributed by atoms with Crippen LogP contribution in [0, 0.1) is 0 Å². The highest BCUT2D eigenvalue weighted by atomic mass is 32.1. The number of thiocarbonyl (C=S) groups is 1. The van der Waals surface area contributed by atoms with Gasteiger partial charge in [-0.25, -0.2) is 4.79 Å². The van der Waals surface area contributed by atoms with E-state index in [0.717, 1.165) is 0 Å². The van der Waals surface area contributed by atoms with E-state index in [1.807, 2.05) is 6.07 Å². The second-order valence-electron chi connectivity index (χ2n) is 3.32. The summed E-state index contributed by atoms with van der Waals surface area (Å²) >= 11 is 4.73. The molecule has 0 spiro atoms. The van der Waals surface area contributed by atoms with Gasteiger partial charge < -0.3 is 15.4 Å². The number of nitrogens with zero attached hydrogens (tertiary/aromatic N) is 1. The highest BCUT2D eigenvalue weighted by Gasteiger charge is 2.10. The number of hydrogen-bond donors (Lipinski definition) is 1. The fourth-order valence-corrected chi connectivity index (χ4v) is 1.13. The minimum atomic E-state index is -0.414. The van der Waals surface area contributed by atoms with Crippen molar-refractivity contribution in [3.63, 3.8) is 0 Å². The molecule has 2 N–H and O–H groups in total. The SMILES string of the molecule is CN(CCC(N)=S)C(=O)Oc1ccccc1. The van der Waals surface area contributed by atoms with Crippen LogP contribution in [0.4, 0.5) is 4.79 Å². The molecule has 0 aliphatic carbocycles. The predicted molar refractivity (Wildman–Crippen MR) is 66.5 cm³/mol. The summed E-state index contributed by atoms with van der Waals surface area (Å²) in [5, 5.41) is 0. The lowest BCUT2D eigenvalue weighted by Gasteiger charge is -2.16. The molecule has 0 aromatic heterocycles. The summed E-state index contributed by atoms with van der Waals surface area (Å²) in [6.45, 7) is 0.459. The number of carbonyl (C=O) groups is 1. The summed E-state index contributed by atoms with van der Waals surface area (Å²) in [4.78, 5) is 13.4. The van der Waals surface area contributed by atoms with Crippen LogP contribution in [0.25, 0.3) is 0 Å². The lowest BCUT2D eigenvalue weighted by atomic mass is 10.3. The smallest absolute Gasteiger partial charge is 0.410 e. The lowest BCUT2D eigenvalue weighted by Crippen LogP contribution is -2.32. The van der Waals surface area contributed by atoms with Crippen LogP contribution in [0.5, 0.6) is 5.75 Å². The van der Waals surface area contributed by atoms with Gasteiger partial charge in [0.15, 0.2) is 0 Å². The molecule has 0 fully saturated rings. The van der Waals surface area contributed by atoms with Crippen molar-refractivity contribution in [3.8, 4) is 5.75 Å². The van der Waals surface area contributed by atoms with Crippen LogP contribution in [0.3, 0.4) is 0 Å². The maximum Gasteiger partial charge on any atom is 0.414 e. The number of ether oxygens (including phenoxy) is 1. The highest BCUT2D eigenvalue weighted by molar-refractivity contribution is 7.80. The Bertz CT molecular complexity index is 368. The molecule has 0 saturated heterocycles. The topological polar surface area (TPSA) is 55.6 Å². The predicted octanol–water partition coefficient (Wildman–Crippen LogP) is 1.79. The molecule has 0 atom stereocenters. The number of carbonyl (C=O) groups excluding carboxylic acids is 1. The number of benzene rings is 1. The van der Waals surface area contributed by atoms with E-state index < -0.39 is 6.09 Å². The molecule has 1 amide bonds. The van der Waals surface area contributed by atoms with Gasteiger partial charge in [0.25, 0.3) is 0 Å². The van der Waals surface area contributed by atoms with Crippen LogP contribution < -0.4 is 10.5 Å². The van der Waals surface area contributed by atoms with Crippen molar-refractivity contribution in [2.75, 3.05) is 13.6 Å². The molecule has 1 aromatic carbocycles. The molecule has 16 heavy (non-hydrogen) atoms. The van der Waals surface area contributed by atoms with Gasteiger partial charge in [0, 0.05) is 20.0 Å². The van der Waals surface area contributed by atoms with Crippen LogP contribution >= 0.6 is 12.2 Å². The van der Waals surface area contributed by atoms with Crippen molar-refractivity contribution in [2.45, 2.75) is 6.42 Å². The molecule has 0 radical (unpaired) electrons. The fraction of sp³-hybridized carbons (Fsp3) is 0.273. The Labute approximate surface area is 100.0 Å². The van der Waals surface area contributed by atoms with E-state index in [9.17, 15) is 4.79 Å². The van der Waals surface area contributed by atoms with Crippen molar-refractivity contribution >= 4 is 23.3 Å². The quantitative estimate of drug-likeness (QED) is 0.813. The third-order valence-electron chi connectivity index (χ3n) is 1.95. The van der Waals surface area contributed by atoms with E-state index in [0.29, 0.717) is 23.7 Å². The second-order valence-corrected chi connectivity index (χ2v) is 3.84. The van der Waals surface area contributed by atoms with Crippen LogP contribution in [0.15, 0.2) is 30.3 Å². The number of amides is 1. The zero-order valence-electron chi connectivity index (χ0n) is 9.05. The number of rotatable bonds is 4. The average Bonchev–Trinajstić information content (AvgIpc) is 2.27. The largest absolute Gasteiger partial charge is 0.414 e. The molecular formula is C11H14N2O2S. The molecule has 5 heteroatoms. The van der Waals surface area contributed by atoms with Crippen molar-refractivity contribution in [1.82, 2.24) is 4.90 Å². The van der Waals surface area contributed by atoms with Gasteiger partial charge in [-0.05, 0) is 12.1 Å². The van der Waals surface area contributed by atoms with Crippen LogP contribution in [0.2, 0.25) is 0 Å². The summed E-state index contributed by atoms with van der Waals surface area (Å²) in [6.07, 6.45) is 0.0814. The molecule has 0 bridgehead atoms. The standard InChI is InChI=1S/C11H14N2O2S/c1-13(8-7-10(12)16)11(14)15-9-5-3-2-4-6-9/h2-6H,7-8H2,1H3,(H2,12,16). The molecular weight excluding hydrogens is 224 g/mol. The third-order valence-corrected chi connectivity index (χ3v) is 2.16. The number of hydrogen-bond acceptors (Lipinski definition) is 3. The molecule has 1 aromatic rings. The Hall–Kier alpha value is -1.62. The molecule has 0 heterocycles. The van der Waals surface area contributed by atoms with Crippen LogP contribution in [0.1, 0.15) is 6.42 Å². The van der Waals surface area contributed by atoms with Crippen molar-refractivity contribution in [1.29, 1.82) is 0 Å². The van der Waals surface area contributed by atoms with Crippen molar-refractivity contribution < 1.29 is 9.53 Å². The third kappa shape index (κ3) is 4.27. The first-order valence-electron chi connectivity index (χ1n) is 4.86. The maximum absolute atomic E-state index is 11.5. The minimum Gasteiger partial charge on any atom is -0.410 e. The first-order chi connectivity index (χ1) is 7.59. The summed E-state index contributed by atoms with van der Waals surface area (Å²) in [5.41, 5.74) is 5.35. The molecule has 1 rings (SSSR count). The van der Waals surface area contributed by atoms with E-state index in [2.05, 4.69) is 0 Å². The van der Waals surface area contributed by atoms with E-state index in [4.69, 9.17) is 22.7 Å². The van der Waals surface area contributed by atoms with Gasteiger partial charge in [-0.2, -0.15) is 0 Å². The van der Waals surface area contributed by atoms with Crippen LogP contribution in [-0.2, 0) is 0 Å². The molecule has 86 valence electrons. The van der Waals surface area contributed by atoms with E-state index in [1.165, 1.54) is 4.90 Å². The van der Waals surface area contributed by atoms with Gasteiger partial charge in [0.2, 0.25) is 0 Å². The zero-order chi connectivity index (χ0) is 12.0. The van der Waals surface area contributed by atoms with Gasteiger partial charge in [-0.15, -0.1) is 0 Å². The van der Waals surface area contributed by atoms with Crippen LogP contribution in [-0.4, -0.2) is 29.6 Å². The molecule has 0 unspecified atom stereocenters. The first kappa shape index (κ1) is 12.4. The van der Waals surface area contributed by atoms with E-state index in [-0.39, 0.29) is 0 Å². The van der Waals surface area contributed by atoms with E-state index in [1.54, 1.807) is 31.3 Å². The fourth-order valence-electron chi connectivity index (χ4n) is 1.04. The minimum absolute atomic E-state index is 0.388. The van der Waals surface area contributed by atoms with Gasteiger partial charge in [-0.1, -0.05) is 30.4 Å². The van der Waals surface area contributed by atoms with Crippen molar-refractivity contribution in [2.24, 2.45) is 5.73 Å². The molecule has 0 saturated carbocycles. The molecule has 4 nitrogen and oxygen atoms in total. The Morgan fingerprint density at radius 2 is 2.06 bits per heavy atom. The average molecular weight is 238 g/mol. The maximum atomic E-state index is 11.5. The van der Waals surface area contributed by atoms with E-state index >= 15 is 0 Å². The summed E-state index contributed by atoms with van der Waals surface area (Å²) in [6, 6.07) is 8.90.